The summed E-state index contributed by atoms with van der Waals surface area (Å²) in [6, 6.07) is 2.07. The third-order valence-electron chi connectivity index (χ3n) is 5.40. The quantitative estimate of drug-likeness (QED) is 0.429. The summed E-state index contributed by atoms with van der Waals surface area (Å²) < 4.78 is 5.43. The minimum atomic E-state index is 0.213. The van der Waals surface area contributed by atoms with Crippen molar-refractivity contribution in [3.8, 4) is 0 Å². The Labute approximate surface area is 188 Å². The Kier molecular flexibility index (Phi) is 12.1. The lowest BCUT2D eigenvalue weighted by Gasteiger charge is -2.20. The van der Waals surface area contributed by atoms with Crippen LogP contribution in [0.4, 0.5) is 5.82 Å². The van der Waals surface area contributed by atoms with E-state index in [2.05, 4.69) is 35.1 Å². The van der Waals surface area contributed by atoms with E-state index in [9.17, 15) is 4.79 Å². The molecule has 1 aliphatic carbocycles. The predicted molar refractivity (Wildman–Crippen MR) is 130 cm³/mol. The molecule has 2 aliphatic rings. The summed E-state index contributed by atoms with van der Waals surface area (Å²) in [6.07, 6.45) is 5.52. The molecule has 0 atom stereocenters. The fourth-order valence-electron chi connectivity index (χ4n) is 3.30. The second-order valence-electron chi connectivity index (χ2n) is 8.31. The molecule has 0 unspecified atom stereocenters. The minimum absolute atomic E-state index is 0.213. The number of Topliss-reactive ketones (excluding diaryl/α,β-unsaturated/α-hetero) is 1. The van der Waals surface area contributed by atoms with Crippen molar-refractivity contribution in [2.24, 2.45) is 10.9 Å². The second kappa shape index (κ2) is 14.0. The summed E-state index contributed by atoms with van der Waals surface area (Å²) in [7, 11) is 0. The molecule has 31 heavy (non-hydrogen) atoms. The Bertz CT molecular complexity index is 768. The Morgan fingerprint density at radius 3 is 2.35 bits per heavy atom. The van der Waals surface area contributed by atoms with Gasteiger partial charge in [-0.2, -0.15) is 5.10 Å². The van der Waals surface area contributed by atoms with Crippen LogP contribution in [-0.4, -0.2) is 35.0 Å². The molecule has 0 aromatic carbocycles. The van der Waals surface area contributed by atoms with Gasteiger partial charge in [0.25, 0.3) is 0 Å². The number of ether oxygens (including phenoxy) is 1. The molecule has 1 aliphatic heterocycles. The highest BCUT2D eigenvalue weighted by Gasteiger charge is 2.20. The number of nitrogens with zero attached hydrogens (tertiary/aromatic N) is 2. The van der Waals surface area contributed by atoms with Gasteiger partial charge in [-0.15, -0.1) is 0 Å². The van der Waals surface area contributed by atoms with E-state index in [0.717, 1.165) is 56.2 Å². The summed E-state index contributed by atoms with van der Waals surface area (Å²) in [5.74, 6) is 2.62. The second-order valence-corrected chi connectivity index (χ2v) is 8.31. The number of nitrogens with one attached hydrogen (secondary N) is 2. The average Bonchev–Trinajstić information content (AvgIpc) is 3.39. The van der Waals surface area contributed by atoms with Crippen LogP contribution in [0.2, 0.25) is 0 Å². The normalized spacial score (nSPS) is 17.0. The lowest BCUT2D eigenvalue weighted by Crippen LogP contribution is -2.22. The maximum atomic E-state index is 10.1. The van der Waals surface area contributed by atoms with Gasteiger partial charge in [0, 0.05) is 42.5 Å². The fraction of sp³-hybridized carbons (Fsp3) is 0.640. The number of carbonyl (C=O) groups excluding carboxylic acids is 1. The van der Waals surface area contributed by atoms with Gasteiger partial charge in [0.2, 0.25) is 0 Å². The van der Waals surface area contributed by atoms with Crippen molar-refractivity contribution in [1.29, 1.82) is 0 Å². The molecule has 1 fully saturated rings. The number of H-pyrrole nitrogens is 1. The topological polar surface area (TPSA) is 79.4 Å². The zero-order chi connectivity index (χ0) is 23.4. The van der Waals surface area contributed by atoms with E-state index in [-0.39, 0.29) is 11.7 Å². The van der Waals surface area contributed by atoms with Gasteiger partial charge in [-0.1, -0.05) is 39.8 Å². The van der Waals surface area contributed by atoms with Crippen LogP contribution in [0.25, 0.3) is 0 Å². The van der Waals surface area contributed by atoms with E-state index in [1.165, 1.54) is 23.3 Å². The molecule has 2 heterocycles. The van der Waals surface area contributed by atoms with Gasteiger partial charge in [0.1, 0.15) is 11.6 Å². The molecule has 0 saturated carbocycles. The van der Waals surface area contributed by atoms with Crippen molar-refractivity contribution < 1.29 is 9.53 Å². The molecule has 174 valence electrons. The van der Waals surface area contributed by atoms with Gasteiger partial charge >= 0.3 is 0 Å². The van der Waals surface area contributed by atoms with Crippen LogP contribution in [0.5, 0.6) is 0 Å². The molecule has 6 heteroatoms. The predicted octanol–water partition coefficient (Wildman–Crippen LogP) is 6.21. The molecule has 2 N–H and O–H groups in total. The van der Waals surface area contributed by atoms with Gasteiger partial charge in [0.15, 0.2) is 5.82 Å². The third-order valence-corrected chi connectivity index (χ3v) is 5.40. The van der Waals surface area contributed by atoms with E-state index < -0.39 is 0 Å². The molecule has 3 rings (SSSR count). The maximum Gasteiger partial charge on any atom is 0.175 e. The van der Waals surface area contributed by atoms with Gasteiger partial charge in [-0.3, -0.25) is 9.89 Å². The van der Waals surface area contributed by atoms with Crippen molar-refractivity contribution in [2.45, 2.75) is 86.5 Å². The molecule has 1 saturated heterocycles. The van der Waals surface area contributed by atoms with Crippen molar-refractivity contribution in [3.63, 3.8) is 0 Å². The smallest absolute Gasteiger partial charge is 0.175 e. The van der Waals surface area contributed by atoms with Gasteiger partial charge < -0.3 is 10.1 Å². The standard InChI is InChI=1S/C18H26N4O.C5H10O.C2H6/c1-12(2)19-18(15-6-4-5-13(15)3)20-17-11-16(21-22-17)14-7-9-23-10-8-14;1-4(2)5(3)6;1-2/h11,14H,1,4-10H2,2-3H3,(H2,19,20,21,22);4H,1-3H3;1-2H3. The Hall–Kier alpha value is -2.21. The summed E-state index contributed by atoms with van der Waals surface area (Å²) in [4.78, 5) is 14.9. The molecule has 0 spiro atoms. The molecular formula is C25H42N4O2. The molecule has 0 amide bonds. The first-order valence-electron chi connectivity index (χ1n) is 11.6. The molecule has 1 aromatic rings. The largest absolute Gasteiger partial charge is 0.381 e. The monoisotopic (exact) mass is 430 g/mol. The van der Waals surface area contributed by atoms with Gasteiger partial charge in [-0.05, 0) is 58.4 Å². The van der Waals surface area contributed by atoms with Crippen molar-refractivity contribution >= 4 is 17.4 Å². The highest BCUT2D eigenvalue weighted by atomic mass is 16.5. The average molecular weight is 431 g/mol. The van der Waals surface area contributed by atoms with Crippen LogP contribution < -0.4 is 5.32 Å². The molecule has 1 aromatic heterocycles. The number of ketones is 1. The highest BCUT2D eigenvalue weighted by Crippen LogP contribution is 2.29. The number of aromatic amines is 1. The zero-order valence-corrected chi connectivity index (χ0v) is 20.6. The summed E-state index contributed by atoms with van der Waals surface area (Å²) >= 11 is 0. The van der Waals surface area contributed by atoms with E-state index in [0.29, 0.717) is 5.92 Å². The van der Waals surface area contributed by atoms with Crippen molar-refractivity contribution in [2.75, 3.05) is 13.2 Å². The maximum absolute atomic E-state index is 10.1. The highest BCUT2D eigenvalue weighted by molar-refractivity contribution is 6.01. The SMILES string of the molecule is C=C(C)NC(=Nc1cc(C2CCOCC2)[nH]n1)C1=C(C)CCC1.CC.CC(=O)C(C)C. The van der Waals surface area contributed by atoms with Crippen LogP contribution in [0.3, 0.4) is 0 Å². The van der Waals surface area contributed by atoms with Crippen LogP contribution in [0, 0.1) is 5.92 Å². The molecular weight excluding hydrogens is 388 g/mol. The number of rotatable bonds is 5. The number of amidine groups is 1. The first-order chi connectivity index (χ1) is 14.8. The van der Waals surface area contributed by atoms with E-state index >= 15 is 0 Å². The molecule has 6 nitrogen and oxygen atoms in total. The zero-order valence-electron chi connectivity index (χ0n) is 20.6. The lowest BCUT2D eigenvalue weighted by atomic mass is 9.97. The van der Waals surface area contributed by atoms with E-state index in [1.807, 2.05) is 34.6 Å². The Morgan fingerprint density at radius 1 is 1.26 bits per heavy atom. The van der Waals surface area contributed by atoms with Gasteiger partial charge in [-0.25, -0.2) is 4.99 Å². The Morgan fingerprint density at radius 2 is 1.87 bits per heavy atom. The van der Waals surface area contributed by atoms with Crippen molar-refractivity contribution in [3.05, 3.63) is 35.2 Å². The summed E-state index contributed by atoms with van der Waals surface area (Å²) in [6.45, 7) is 19.1. The van der Waals surface area contributed by atoms with E-state index in [4.69, 9.17) is 9.73 Å². The van der Waals surface area contributed by atoms with Gasteiger partial charge in [0.05, 0.1) is 0 Å². The first kappa shape index (κ1) is 26.8. The number of carbonyl (C=O) groups is 1. The van der Waals surface area contributed by atoms with Crippen LogP contribution >= 0.6 is 0 Å². The third kappa shape index (κ3) is 9.21. The summed E-state index contributed by atoms with van der Waals surface area (Å²) in [5, 5.41) is 10.9. The lowest BCUT2D eigenvalue weighted by molar-refractivity contribution is -0.119. The number of aliphatic imine (C=N–C) groups is 1. The molecule has 0 radical (unpaired) electrons. The van der Waals surface area contributed by atoms with Crippen LogP contribution in [-0.2, 0) is 9.53 Å². The number of hydrogen-bond acceptors (Lipinski definition) is 4. The first-order valence-corrected chi connectivity index (χ1v) is 11.6. The number of allylic oxidation sites excluding steroid dienone is 2. The summed E-state index contributed by atoms with van der Waals surface area (Å²) in [5.41, 5.74) is 4.79. The Balaban J connectivity index is 0.000000521. The van der Waals surface area contributed by atoms with Crippen LogP contribution in [0.1, 0.15) is 92.2 Å². The minimum Gasteiger partial charge on any atom is -0.381 e. The molecule has 0 bridgehead atoms. The van der Waals surface area contributed by atoms with E-state index in [1.54, 1.807) is 6.92 Å². The van der Waals surface area contributed by atoms with Crippen molar-refractivity contribution in [1.82, 2.24) is 15.5 Å². The fourth-order valence-corrected chi connectivity index (χ4v) is 3.30. The number of hydrogen-bond donors (Lipinski definition) is 2. The van der Waals surface area contributed by atoms with Crippen LogP contribution in [0.15, 0.2) is 34.5 Å². The number of aromatic nitrogens is 2.